The Morgan fingerprint density at radius 2 is 0.889 bits per heavy atom. The molecule has 0 aromatic carbocycles. The van der Waals surface area contributed by atoms with Crippen molar-refractivity contribution in [3.63, 3.8) is 0 Å². The van der Waals surface area contributed by atoms with E-state index in [1.807, 2.05) is 0 Å². The molecule has 198 valence electrons. The van der Waals surface area contributed by atoms with Gasteiger partial charge < -0.3 is 20.3 Å². The maximum atomic E-state index is 11.8. The topological polar surface area (TPSA) is 186 Å². The fourth-order valence-corrected chi connectivity index (χ4v) is 3.28. The fraction of sp³-hybridized carbons (Fsp3) is 0.636. The van der Waals surface area contributed by atoms with Crippen LogP contribution in [0.15, 0.2) is 0 Å². The summed E-state index contributed by atoms with van der Waals surface area (Å²) in [7, 11) is 0. The largest absolute Gasteiger partial charge is 0.356 e. The first-order valence-corrected chi connectivity index (χ1v) is 11.8. The molecule has 0 spiro atoms. The number of imide groups is 2. The van der Waals surface area contributed by atoms with Gasteiger partial charge in [-0.2, -0.15) is 0 Å². The van der Waals surface area contributed by atoms with Crippen molar-refractivity contribution in [3.05, 3.63) is 0 Å². The van der Waals surface area contributed by atoms with E-state index in [1.54, 1.807) is 0 Å². The van der Waals surface area contributed by atoms with Gasteiger partial charge in [0.05, 0.1) is 0 Å². The zero-order valence-corrected chi connectivity index (χ0v) is 19.9. The number of amides is 6. The average molecular weight is 511 g/mol. The van der Waals surface area contributed by atoms with Gasteiger partial charge in [0.2, 0.25) is 11.8 Å². The van der Waals surface area contributed by atoms with Gasteiger partial charge in [0, 0.05) is 64.5 Å². The van der Waals surface area contributed by atoms with Crippen LogP contribution in [0.25, 0.3) is 0 Å². The quantitative estimate of drug-likeness (QED) is 0.216. The number of carbonyl (C=O) groups is 8. The average Bonchev–Trinajstić information content (AvgIpc) is 3.32. The Hall–Kier alpha value is -3.84. The van der Waals surface area contributed by atoms with Gasteiger partial charge in [-0.05, 0) is 25.7 Å². The third kappa shape index (κ3) is 9.80. The van der Waals surface area contributed by atoms with Crippen LogP contribution < -0.4 is 10.6 Å². The van der Waals surface area contributed by atoms with Crippen LogP contribution in [0.2, 0.25) is 0 Å². The highest BCUT2D eigenvalue weighted by molar-refractivity contribution is 6.02. The van der Waals surface area contributed by atoms with E-state index in [0.29, 0.717) is 23.0 Å². The second kappa shape index (κ2) is 14.5. The van der Waals surface area contributed by atoms with E-state index in [1.165, 1.54) is 0 Å². The van der Waals surface area contributed by atoms with Crippen molar-refractivity contribution in [2.45, 2.75) is 77.0 Å². The molecule has 6 amide bonds. The molecule has 0 bridgehead atoms. The summed E-state index contributed by atoms with van der Waals surface area (Å²) in [4.78, 5) is 102. The van der Waals surface area contributed by atoms with Gasteiger partial charge in [-0.25, -0.2) is 9.59 Å². The summed E-state index contributed by atoms with van der Waals surface area (Å²) in [5, 5.41) is 6.23. The molecule has 14 heteroatoms. The molecule has 2 heterocycles. The Kier molecular flexibility index (Phi) is 11.5. The summed E-state index contributed by atoms with van der Waals surface area (Å²) in [5.74, 6) is -4.13. The van der Waals surface area contributed by atoms with Crippen molar-refractivity contribution < 1.29 is 48.0 Å². The zero-order chi connectivity index (χ0) is 26.5. The molecule has 0 atom stereocenters. The first kappa shape index (κ1) is 28.4. The van der Waals surface area contributed by atoms with Crippen molar-refractivity contribution >= 4 is 47.4 Å². The third-order valence-electron chi connectivity index (χ3n) is 5.22. The smallest absolute Gasteiger partial charge is 0.333 e. The van der Waals surface area contributed by atoms with Crippen molar-refractivity contribution in [2.75, 3.05) is 13.1 Å². The first-order chi connectivity index (χ1) is 17.2. The number of unbranched alkanes of at least 4 members (excludes halogenated alkanes) is 1. The minimum Gasteiger partial charge on any atom is -0.356 e. The molecule has 0 unspecified atom stereocenters. The van der Waals surface area contributed by atoms with Crippen LogP contribution in [0.3, 0.4) is 0 Å². The molecular formula is C22H30N4O10. The van der Waals surface area contributed by atoms with Gasteiger partial charge >= 0.3 is 11.9 Å². The van der Waals surface area contributed by atoms with Crippen LogP contribution in [0.4, 0.5) is 0 Å². The number of hydrogen-bond acceptors (Lipinski definition) is 10. The maximum Gasteiger partial charge on any atom is 0.333 e. The van der Waals surface area contributed by atoms with E-state index in [2.05, 4.69) is 10.6 Å². The van der Waals surface area contributed by atoms with Gasteiger partial charge in [-0.15, -0.1) is 10.1 Å². The van der Waals surface area contributed by atoms with Gasteiger partial charge in [0.15, 0.2) is 0 Å². The molecule has 0 radical (unpaired) electrons. The lowest BCUT2D eigenvalue weighted by atomic mass is 10.1. The molecule has 0 aliphatic carbocycles. The lowest BCUT2D eigenvalue weighted by Crippen LogP contribution is -2.32. The Morgan fingerprint density at radius 1 is 0.556 bits per heavy atom. The van der Waals surface area contributed by atoms with E-state index in [4.69, 9.17) is 9.68 Å². The van der Waals surface area contributed by atoms with Crippen LogP contribution in [0, 0.1) is 0 Å². The number of hydroxylamine groups is 4. The first-order valence-electron chi connectivity index (χ1n) is 11.8. The van der Waals surface area contributed by atoms with Crippen LogP contribution >= 0.6 is 0 Å². The molecule has 2 aliphatic rings. The molecule has 0 aromatic heterocycles. The van der Waals surface area contributed by atoms with Gasteiger partial charge in [0.1, 0.15) is 0 Å². The second-order valence-corrected chi connectivity index (χ2v) is 8.20. The van der Waals surface area contributed by atoms with E-state index < -0.39 is 35.6 Å². The fourth-order valence-electron chi connectivity index (χ4n) is 3.28. The highest BCUT2D eigenvalue weighted by Crippen LogP contribution is 2.14. The molecule has 2 aliphatic heterocycles. The van der Waals surface area contributed by atoms with Crippen LogP contribution in [0.5, 0.6) is 0 Å². The lowest BCUT2D eigenvalue weighted by Gasteiger charge is -2.12. The number of hydrogen-bond donors (Lipinski definition) is 2. The summed E-state index contributed by atoms with van der Waals surface area (Å²) < 4.78 is 0. The number of nitrogens with zero attached hydrogens (tertiary/aromatic N) is 2. The Morgan fingerprint density at radius 3 is 1.22 bits per heavy atom. The minimum atomic E-state index is -0.729. The van der Waals surface area contributed by atoms with Crippen molar-refractivity contribution in [2.24, 2.45) is 0 Å². The van der Waals surface area contributed by atoms with E-state index in [-0.39, 0.29) is 89.1 Å². The van der Waals surface area contributed by atoms with E-state index in [9.17, 15) is 38.4 Å². The standard InChI is InChI=1S/C22H30N4O10/c27-15(23-13-3-7-21(33)35-25-17(29)9-10-18(25)30)5-1-2-6-16(28)24-14-4-8-22(34)36-26-19(31)11-12-20(26)32/h1-14H2,(H,23,27)(H,24,28). The molecule has 2 rings (SSSR count). The minimum absolute atomic E-state index is 0.0212. The van der Waals surface area contributed by atoms with Gasteiger partial charge in [0.25, 0.3) is 23.6 Å². The summed E-state index contributed by atoms with van der Waals surface area (Å²) in [6.07, 6.45) is 1.87. The molecule has 0 aromatic rings. The summed E-state index contributed by atoms with van der Waals surface area (Å²) >= 11 is 0. The Balaban J connectivity index is 1.42. The van der Waals surface area contributed by atoms with Gasteiger partial charge in [-0.1, -0.05) is 0 Å². The SMILES string of the molecule is O=C(CCCCC(=O)NCCCC(=O)ON1C(=O)CCC1=O)NCCCC(=O)ON1C(=O)CCC1=O. The molecule has 14 nitrogen and oxygen atoms in total. The van der Waals surface area contributed by atoms with Crippen molar-refractivity contribution in [1.82, 2.24) is 20.8 Å². The molecule has 2 N–H and O–H groups in total. The van der Waals surface area contributed by atoms with E-state index in [0.717, 1.165) is 0 Å². The maximum absolute atomic E-state index is 11.8. The van der Waals surface area contributed by atoms with Crippen molar-refractivity contribution in [3.8, 4) is 0 Å². The summed E-state index contributed by atoms with van der Waals surface area (Å²) in [6.45, 7) is 0.442. The highest BCUT2D eigenvalue weighted by atomic mass is 16.7. The summed E-state index contributed by atoms with van der Waals surface area (Å²) in [6, 6.07) is 0. The van der Waals surface area contributed by atoms with Crippen LogP contribution in [-0.4, -0.2) is 70.6 Å². The summed E-state index contributed by atoms with van der Waals surface area (Å²) in [5.41, 5.74) is 0. The third-order valence-corrected chi connectivity index (χ3v) is 5.22. The van der Waals surface area contributed by atoms with E-state index >= 15 is 0 Å². The molecule has 2 saturated heterocycles. The van der Waals surface area contributed by atoms with Crippen LogP contribution in [0.1, 0.15) is 77.0 Å². The lowest BCUT2D eigenvalue weighted by molar-refractivity contribution is -0.197. The Labute approximate surface area is 206 Å². The number of carbonyl (C=O) groups excluding carboxylic acids is 8. The molecule has 36 heavy (non-hydrogen) atoms. The number of rotatable bonds is 15. The predicted molar refractivity (Wildman–Crippen MR) is 117 cm³/mol. The van der Waals surface area contributed by atoms with Gasteiger partial charge in [-0.3, -0.25) is 28.8 Å². The predicted octanol–water partition coefficient (Wildman–Crippen LogP) is -0.446. The Bertz CT molecular complexity index is 799. The normalized spacial score (nSPS) is 15.3. The zero-order valence-electron chi connectivity index (χ0n) is 19.9. The molecule has 0 saturated carbocycles. The molecule has 2 fully saturated rings. The van der Waals surface area contributed by atoms with Crippen molar-refractivity contribution in [1.29, 1.82) is 0 Å². The highest BCUT2D eigenvalue weighted by Gasteiger charge is 2.33. The monoisotopic (exact) mass is 510 g/mol. The number of nitrogens with one attached hydrogen (secondary N) is 2. The van der Waals surface area contributed by atoms with Crippen LogP contribution in [-0.2, 0) is 48.0 Å². The second-order valence-electron chi connectivity index (χ2n) is 8.20. The molecular weight excluding hydrogens is 480 g/mol.